The lowest BCUT2D eigenvalue weighted by Crippen LogP contribution is -2.45. The first-order valence-corrected chi connectivity index (χ1v) is 11.5. The molecule has 0 amide bonds. The van der Waals surface area contributed by atoms with Crippen molar-refractivity contribution in [1.82, 2.24) is 15.4 Å². The average molecular weight is 554 g/mol. The second-order valence-electron chi connectivity index (χ2n) is 7.64. The summed E-state index contributed by atoms with van der Waals surface area (Å²) in [4.78, 5) is 4.80. The maximum absolute atomic E-state index is 12.4. The number of guanidine groups is 1. The fourth-order valence-electron chi connectivity index (χ4n) is 2.75. The normalized spacial score (nSPS) is 17.5. The van der Waals surface area contributed by atoms with Crippen molar-refractivity contribution in [3.8, 4) is 0 Å². The molecule has 1 aromatic carbocycles. The molecule has 0 bridgehead atoms. The van der Waals surface area contributed by atoms with E-state index in [1.54, 1.807) is 31.4 Å². The van der Waals surface area contributed by atoms with E-state index in [0.717, 1.165) is 24.9 Å². The van der Waals surface area contributed by atoms with Crippen LogP contribution in [0.1, 0.15) is 39.2 Å². The minimum atomic E-state index is -3.54. The summed E-state index contributed by atoms with van der Waals surface area (Å²) >= 11 is 0. The monoisotopic (exact) mass is 554 g/mol. The standard InChI is InChI=1S/C20H34N4O4S.HI/c1-5-21-19(23-15-20(2,3)27-4)22-13-16-8-10-18(11-9-16)29(25,26)24-14-17-7-6-12-28-17;/h8-11,17,24H,5-7,12-15H2,1-4H3,(H2,21,22,23);1H. The molecule has 0 spiro atoms. The number of sulfonamides is 1. The molecule has 8 nitrogen and oxygen atoms in total. The highest BCUT2D eigenvalue weighted by Crippen LogP contribution is 2.14. The van der Waals surface area contributed by atoms with Gasteiger partial charge in [-0.25, -0.2) is 18.1 Å². The SMILES string of the molecule is CCNC(=NCc1ccc(S(=O)(=O)NCC2CCCO2)cc1)NCC(C)(C)OC.I. The first kappa shape index (κ1) is 27.1. The second kappa shape index (κ2) is 12.8. The van der Waals surface area contributed by atoms with Crippen molar-refractivity contribution in [2.24, 2.45) is 4.99 Å². The van der Waals surface area contributed by atoms with E-state index in [-0.39, 0.29) is 40.6 Å². The van der Waals surface area contributed by atoms with Crippen LogP contribution in [-0.4, -0.2) is 59.4 Å². The highest BCUT2D eigenvalue weighted by atomic mass is 127. The van der Waals surface area contributed by atoms with Gasteiger partial charge in [-0.05, 0) is 51.3 Å². The third-order valence-corrected chi connectivity index (χ3v) is 6.20. The Morgan fingerprint density at radius 1 is 1.27 bits per heavy atom. The quantitative estimate of drug-likeness (QED) is 0.233. The molecule has 0 radical (unpaired) electrons. The number of benzene rings is 1. The third kappa shape index (κ3) is 9.04. The van der Waals surface area contributed by atoms with Gasteiger partial charge in [0, 0.05) is 33.4 Å². The van der Waals surface area contributed by atoms with E-state index in [1.165, 1.54) is 0 Å². The Hall–Kier alpha value is -0.950. The van der Waals surface area contributed by atoms with Crippen molar-refractivity contribution in [2.75, 3.05) is 33.4 Å². The van der Waals surface area contributed by atoms with E-state index in [9.17, 15) is 8.42 Å². The molecule has 0 aliphatic carbocycles. The van der Waals surface area contributed by atoms with Crippen molar-refractivity contribution >= 4 is 40.0 Å². The molecule has 172 valence electrons. The molecule has 0 aromatic heterocycles. The zero-order valence-corrected chi connectivity index (χ0v) is 21.4. The Labute approximate surface area is 197 Å². The number of hydrogen-bond acceptors (Lipinski definition) is 5. The van der Waals surface area contributed by atoms with Gasteiger partial charge < -0.3 is 20.1 Å². The molecule has 2 rings (SSSR count). The molecular weight excluding hydrogens is 519 g/mol. The maximum atomic E-state index is 12.4. The van der Waals surface area contributed by atoms with Crippen LogP contribution < -0.4 is 15.4 Å². The summed E-state index contributed by atoms with van der Waals surface area (Å²) in [5.41, 5.74) is 0.620. The Morgan fingerprint density at radius 2 is 1.97 bits per heavy atom. The molecule has 1 heterocycles. The van der Waals surface area contributed by atoms with Crippen LogP contribution in [0.4, 0.5) is 0 Å². The first-order chi connectivity index (χ1) is 13.8. The Morgan fingerprint density at radius 3 is 2.53 bits per heavy atom. The Bertz CT molecular complexity index is 764. The zero-order chi connectivity index (χ0) is 21.3. The van der Waals surface area contributed by atoms with Gasteiger partial charge >= 0.3 is 0 Å². The lowest BCUT2D eigenvalue weighted by atomic mass is 10.1. The first-order valence-electron chi connectivity index (χ1n) is 10.0. The molecule has 10 heteroatoms. The van der Waals surface area contributed by atoms with E-state index in [0.29, 0.717) is 32.2 Å². The molecule has 30 heavy (non-hydrogen) atoms. The van der Waals surface area contributed by atoms with E-state index < -0.39 is 10.0 Å². The van der Waals surface area contributed by atoms with Gasteiger partial charge in [0.1, 0.15) is 0 Å². The lowest BCUT2D eigenvalue weighted by molar-refractivity contribution is 0.0268. The number of methoxy groups -OCH3 is 1. The number of ether oxygens (including phenoxy) is 2. The summed E-state index contributed by atoms with van der Waals surface area (Å²) in [7, 11) is -1.86. The van der Waals surface area contributed by atoms with Crippen LogP contribution in [0.3, 0.4) is 0 Å². The summed E-state index contributed by atoms with van der Waals surface area (Å²) in [6.45, 7) is 8.80. The molecule has 1 fully saturated rings. The molecule has 0 saturated carbocycles. The van der Waals surface area contributed by atoms with Gasteiger partial charge in [-0.3, -0.25) is 0 Å². The van der Waals surface area contributed by atoms with Gasteiger partial charge in [-0.2, -0.15) is 0 Å². The highest BCUT2D eigenvalue weighted by molar-refractivity contribution is 14.0. The third-order valence-electron chi connectivity index (χ3n) is 4.76. The van der Waals surface area contributed by atoms with Crippen molar-refractivity contribution < 1.29 is 17.9 Å². The van der Waals surface area contributed by atoms with Crippen LogP contribution in [-0.2, 0) is 26.0 Å². The summed E-state index contributed by atoms with van der Waals surface area (Å²) < 4.78 is 38.4. The number of nitrogens with zero attached hydrogens (tertiary/aromatic N) is 1. The molecule has 1 unspecified atom stereocenters. The summed E-state index contributed by atoms with van der Waals surface area (Å²) in [5, 5.41) is 6.45. The van der Waals surface area contributed by atoms with Gasteiger partial charge in [-0.1, -0.05) is 12.1 Å². The summed E-state index contributed by atoms with van der Waals surface area (Å²) in [5.74, 6) is 0.688. The van der Waals surface area contributed by atoms with Crippen molar-refractivity contribution in [3.63, 3.8) is 0 Å². The number of halogens is 1. The van der Waals surface area contributed by atoms with E-state index in [2.05, 4.69) is 20.3 Å². The van der Waals surface area contributed by atoms with Crippen molar-refractivity contribution in [3.05, 3.63) is 29.8 Å². The van der Waals surface area contributed by atoms with Gasteiger partial charge in [-0.15, -0.1) is 24.0 Å². The number of aliphatic imine (C=N–C) groups is 1. The zero-order valence-electron chi connectivity index (χ0n) is 18.2. The topological polar surface area (TPSA) is 101 Å². The molecular formula is C20H35IN4O4S. The Balaban J connectivity index is 0.00000450. The molecule has 1 aliphatic rings. The Kier molecular flexibility index (Phi) is 11.6. The highest BCUT2D eigenvalue weighted by Gasteiger charge is 2.20. The smallest absolute Gasteiger partial charge is 0.240 e. The predicted octanol–water partition coefficient (Wildman–Crippen LogP) is 2.24. The second-order valence-corrected chi connectivity index (χ2v) is 9.41. The number of nitrogens with one attached hydrogen (secondary N) is 3. The van der Waals surface area contributed by atoms with Crippen molar-refractivity contribution in [2.45, 2.75) is 56.8 Å². The minimum absolute atomic E-state index is 0. The van der Waals surface area contributed by atoms with Gasteiger partial charge in [0.2, 0.25) is 10.0 Å². The van der Waals surface area contributed by atoms with Crippen LogP contribution in [0.15, 0.2) is 34.2 Å². The predicted molar refractivity (Wildman–Crippen MR) is 130 cm³/mol. The molecule has 1 saturated heterocycles. The van der Waals surface area contributed by atoms with Crippen LogP contribution in [0.2, 0.25) is 0 Å². The number of rotatable bonds is 10. The van der Waals surface area contributed by atoms with E-state index in [4.69, 9.17) is 9.47 Å². The number of hydrogen-bond donors (Lipinski definition) is 3. The molecule has 3 N–H and O–H groups in total. The largest absolute Gasteiger partial charge is 0.377 e. The maximum Gasteiger partial charge on any atom is 0.240 e. The van der Waals surface area contributed by atoms with Gasteiger partial charge in [0.25, 0.3) is 0 Å². The van der Waals surface area contributed by atoms with Crippen LogP contribution in [0.5, 0.6) is 0 Å². The fraction of sp³-hybridized carbons (Fsp3) is 0.650. The average Bonchev–Trinajstić information content (AvgIpc) is 3.23. The van der Waals surface area contributed by atoms with Gasteiger partial charge in [0.05, 0.1) is 23.1 Å². The van der Waals surface area contributed by atoms with E-state index >= 15 is 0 Å². The molecule has 1 aliphatic heterocycles. The minimum Gasteiger partial charge on any atom is -0.377 e. The van der Waals surface area contributed by atoms with Crippen LogP contribution >= 0.6 is 24.0 Å². The van der Waals surface area contributed by atoms with Crippen LogP contribution in [0, 0.1) is 0 Å². The van der Waals surface area contributed by atoms with Gasteiger partial charge in [0.15, 0.2) is 5.96 Å². The molecule has 1 aromatic rings. The van der Waals surface area contributed by atoms with E-state index in [1.807, 2.05) is 20.8 Å². The molecule has 1 atom stereocenters. The summed E-state index contributed by atoms with van der Waals surface area (Å²) in [6, 6.07) is 6.79. The van der Waals surface area contributed by atoms with Crippen molar-refractivity contribution in [1.29, 1.82) is 0 Å². The summed E-state index contributed by atoms with van der Waals surface area (Å²) in [6.07, 6.45) is 1.84. The van der Waals surface area contributed by atoms with Crippen LogP contribution in [0.25, 0.3) is 0 Å². The fourth-order valence-corrected chi connectivity index (χ4v) is 3.81. The lowest BCUT2D eigenvalue weighted by Gasteiger charge is -2.24.